The van der Waals surface area contributed by atoms with Crippen LogP contribution in [-0.2, 0) is 14.8 Å². The number of ether oxygens (including phenoxy) is 1. The van der Waals surface area contributed by atoms with E-state index in [1.807, 2.05) is 0 Å². The predicted octanol–water partition coefficient (Wildman–Crippen LogP) is 0.961. The third-order valence-corrected chi connectivity index (χ3v) is 3.38. The molecule has 0 aromatic rings. The highest BCUT2D eigenvalue weighted by Crippen LogP contribution is 1.93. The van der Waals surface area contributed by atoms with Crippen molar-refractivity contribution in [3.8, 4) is 0 Å². The maximum Gasteiger partial charge on any atom is 0.211 e. The van der Waals surface area contributed by atoms with Gasteiger partial charge in [0.05, 0.1) is 5.75 Å². The molecule has 0 spiro atoms. The van der Waals surface area contributed by atoms with Crippen molar-refractivity contribution in [1.82, 2.24) is 4.72 Å². The molecule has 0 heterocycles. The van der Waals surface area contributed by atoms with E-state index in [9.17, 15) is 8.42 Å². The molecule has 0 aliphatic rings. The fourth-order valence-corrected chi connectivity index (χ4v) is 2.20. The monoisotopic (exact) mass is 243 g/mol. The van der Waals surface area contributed by atoms with Gasteiger partial charge >= 0.3 is 0 Å². The second-order valence-electron chi connectivity index (χ2n) is 2.96. The molecule has 0 aromatic carbocycles. The Morgan fingerprint density at radius 3 is 2.57 bits per heavy atom. The molecule has 0 aliphatic carbocycles. The van der Waals surface area contributed by atoms with Crippen molar-refractivity contribution in [3.05, 3.63) is 0 Å². The van der Waals surface area contributed by atoms with Gasteiger partial charge in [-0.3, -0.25) is 0 Å². The Labute approximate surface area is 91.0 Å². The lowest BCUT2D eigenvalue weighted by molar-refractivity contribution is 0.199. The van der Waals surface area contributed by atoms with Crippen LogP contribution in [0.25, 0.3) is 0 Å². The van der Waals surface area contributed by atoms with E-state index >= 15 is 0 Å². The lowest BCUT2D eigenvalue weighted by Gasteiger charge is -2.05. The molecule has 86 valence electrons. The van der Waals surface area contributed by atoms with Crippen molar-refractivity contribution in [3.63, 3.8) is 0 Å². The average Bonchev–Trinajstić information content (AvgIpc) is 2.13. The van der Waals surface area contributed by atoms with Crippen molar-refractivity contribution in [1.29, 1.82) is 0 Å². The Hall–Kier alpha value is 0.160. The molecular formula is C8H18ClNO3S. The summed E-state index contributed by atoms with van der Waals surface area (Å²) in [5, 5.41) is 0. The van der Waals surface area contributed by atoms with Gasteiger partial charge in [-0.25, -0.2) is 13.1 Å². The summed E-state index contributed by atoms with van der Waals surface area (Å²) in [5.41, 5.74) is 0. The smallest absolute Gasteiger partial charge is 0.211 e. The van der Waals surface area contributed by atoms with Crippen LogP contribution in [0.15, 0.2) is 0 Å². The summed E-state index contributed by atoms with van der Waals surface area (Å²) in [7, 11) is -1.55. The van der Waals surface area contributed by atoms with Crippen LogP contribution in [0.1, 0.15) is 19.3 Å². The SMILES string of the molecule is COCCCS(=O)(=O)NCCCCCl. The van der Waals surface area contributed by atoms with Crippen LogP contribution in [0.3, 0.4) is 0 Å². The molecule has 0 saturated heterocycles. The van der Waals surface area contributed by atoms with Gasteiger partial charge in [0.1, 0.15) is 0 Å². The molecule has 0 rings (SSSR count). The number of rotatable bonds is 9. The zero-order valence-corrected chi connectivity index (χ0v) is 10.0. The minimum atomic E-state index is -3.11. The normalized spacial score (nSPS) is 11.9. The zero-order chi connectivity index (χ0) is 10.9. The first-order chi connectivity index (χ1) is 6.62. The van der Waals surface area contributed by atoms with Gasteiger partial charge in [0.2, 0.25) is 10.0 Å². The van der Waals surface area contributed by atoms with Crippen LogP contribution in [0.5, 0.6) is 0 Å². The maximum absolute atomic E-state index is 11.3. The number of unbranched alkanes of at least 4 members (excludes halogenated alkanes) is 1. The van der Waals surface area contributed by atoms with Gasteiger partial charge in [0.15, 0.2) is 0 Å². The Balaban J connectivity index is 3.52. The van der Waals surface area contributed by atoms with Crippen LogP contribution in [-0.4, -0.2) is 40.3 Å². The average molecular weight is 244 g/mol. The number of sulfonamides is 1. The highest BCUT2D eigenvalue weighted by Gasteiger charge is 2.07. The van der Waals surface area contributed by atoms with Crippen LogP contribution in [0, 0.1) is 0 Å². The first-order valence-corrected chi connectivity index (χ1v) is 6.83. The molecule has 0 amide bonds. The molecule has 0 radical (unpaired) electrons. The molecule has 0 bridgehead atoms. The van der Waals surface area contributed by atoms with Crippen molar-refractivity contribution in [2.45, 2.75) is 19.3 Å². The molecule has 0 aromatic heterocycles. The van der Waals surface area contributed by atoms with E-state index in [1.165, 1.54) is 0 Å². The van der Waals surface area contributed by atoms with Gasteiger partial charge in [-0.2, -0.15) is 0 Å². The van der Waals surface area contributed by atoms with Crippen molar-refractivity contribution >= 4 is 21.6 Å². The van der Waals surface area contributed by atoms with Gasteiger partial charge in [0.25, 0.3) is 0 Å². The van der Waals surface area contributed by atoms with Crippen LogP contribution in [0.2, 0.25) is 0 Å². The second kappa shape index (κ2) is 8.47. The zero-order valence-electron chi connectivity index (χ0n) is 8.46. The summed E-state index contributed by atoms with van der Waals surface area (Å²) in [6, 6.07) is 0. The van der Waals surface area contributed by atoms with Gasteiger partial charge < -0.3 is 4.74 Å². The molecule has 6 heteroatoms. The minimum Gasteiger partial charge on any atom is -0.385 e. The highest BCUT2D eigenvalue weighted by molar-refractivity contribution is 7.89. The molecule has 0 atom stereocenters. The Morgan fingerprint density at radius 2 is 2.00 bits per heavy atom. The third-order valence-electron chi connectivity index (χ3n) is 1.64. The first kappa shape index (κ1) is 14.2. The fourth-order valence-electron chi connectivity index (χ4n) is 0.913. The summed E-state index contributed by atoms with van der Waals surface area (Å²) in [4.78, 5) is 0. The molecule has 0 aliphatic heterocycles. The van der Waals surface area contributed by atoms with E-state index in [0.29, 0.717) is 25.5 Å². The molecule has 4 nitrogen and oxygen atoms in total. The molecule has 14 heavy (non-hydrogen) atoms. The van der Waals surface area contributed by atoms with Crippen molar-refractivity contribution in [2.24, 2.45) is 0 Å². The van der Waals surface area contributed by atoms with E-state index in [1.54, 1.807) is 7.11 Å². The van der Waals surface area contributed by atoms with E-state index in [4.69, 9.17) is 16.3 Å². The third kappa shape index (κ3) is 8.74. The number of hydrogen-bond donors (Lipinski definition) is 1. The Kier molecular flexibility index (Phi) is 8.56. The maximum atomic E-state index is 11.3. The van der Waals surface area contributed by atoms with Crippen LogP contribution in [0.4, 0.5) is 0 Å². The Morgan fingerprint density at radius 1 is 1.29 bits per heavy atom. The largest absolute Gasteiger partial charge is 0.385 e. The number of alkyl halides is 1. The van der Waals surface area contributed by atoms with Gasteiger partial charge in [-0.05, 0) is 19.3 Å². The number of halogens is 1. The molecule has 1 N–H and O–H groups in total. The summed E-state index contributed by atoms with van der Waals surface area (Å²) < 4.78 is 29.8. The summed E-state index contributed by atoms with van der Waals surface area (Å²) in [6.07, 6.45) is 2.15. The molecule has 0 unspecified atom stereocenters. The van der Waals surface area contributed by atoms with E-state index < -0.39 is 10.0 Å². The van der Waals surface area contributed by atoms with E-state index in [-0.39, 0.29) is 5.75 Å². The number of hydrogen-bond acceptors (Lipinski definition) is 3. The highest BCUT2D eigenvalue weighted by atomic mass is 35.5. The van der Waals surface area contributed by atoms with E-state index in [2.05, 4.69) is 4.72 Å². The van der Waals surface area contributed by atoms with Crippen molar-refractivity contribution in [2.75, 3.05) is 31.9 Å². The standard InChI is InChI=1S/C8H18ClNO3S/c1-13-7-4-8-14(11,12)10-6-3-2-5-9/h10H,2-8H2,1H3. The fraction of sp³-hybridized carbons (Fsp3) is 1.00. The van der Waals surface area contributed by atoms with Crippen LogP contribution >= 0.6 is 11.6 Å². The predicted molar refractivity (Wildman–Crippen MR) is 58.2 cm³/mol. The molecular weight excluding hydrogens is 226 g/mol. The number of methoxy groups -OCH3 is 1. The summed E-state index contributed by atoms with van der Waals surface area (Å²) >= 11 is 5.46. The summed E-state index contributed by atoms with van der Waals surface area (Å²) in [5.74, 6) is 0.702. The number of nitrogens with one attached hydrogen (secondary N) is 1. The molecule has 0 fully saturated rings. The minimum absolute atomic E-state index is 0.127. The summed E-state index contributed by atoms with van der Waals surface area (Å²) in [6.45, 7) is 0.949. The van der Waals surface area contributed by atoms with Crippen molar-refractivity contribution < 1.29 is 13.2 Å². The quantitative estimate of drug-likeness (QED) is 0.485. The molecule has 0 saturated carbocycles. The second-order valence-corrected chi connectivity index (χ2v) is 5.26. The first-order valence-electron chi connectivity index (χ1n) is 4.64. The lowest BCUT2D eigenvalue weighted by Crippen LogP contribution is -2.27. The van der Waals surface area contributed by atoms with Gasteiger partial charge in [-0.15, -0.1) is 11.6 Å². The lowest BCUT2D eigenvalue weighted by atomic mass is 10.3. The van der Waals surface area contributed by atoms with Crippen LogP contribution < -0.4 is 4.72 Å². The Bertz CT molecular complexity index is 219. The topological polar surface area (TPSA) is 55.4 Å². The van der Waals surface area contributed by atoms with E-state index in [0.717, 1.165) is 12.8 Å². The van der Waals surface area contributed by atoms with Gasteiger partial charge in [-0.1, -0.05) is 0 Å². The van der Waals surface area contributed by atoms with Gasteiger partial charge in [0, 0.05) is 26.1 Å².